The van der Waals surface area contributed by atoms with Crippen LogP contribution < -0.4 is 15.0 Å². The summed E-state index contributed by atoms with van der Waals surface area (Å²) in [6.07, 6.45) is 0. The van der Waals surface area contributed by atoms with Crippen molar-refractivity contribution in [1.29, 1.82) is 0 Å². The summed E-state index contributed by atoms with van der Waals surface area (Å²) in [6, 6.07) is 20.0. The number of ether oxygens (including phenoxy) is 2. The molecule has 6 nitrogen and oxygen atoms in total. The number of carbonyl (C=O) groups is 1. The van der Waals surface area contributed by atoms with Gasteiger partial charge in [-0.15, -0.1) is 11.3 Å². The van der Waals surface area contributed by atoms with Crippen LogP contribution in [-0.4, -0.2) is 55.9 Å². The number of thiophene rings is 1. The molecule has 1 aliphatic rings. The van der Waals surface area contributed by atoms with E-state index in [1.165, 1.54) is 11.3 Å². The summed E-state index contributed by atoms with van der Waals surface area (Å²) in [5.74, 6) is 0.509. The molecule has 8 heteroatoms. The SMILES string of the molecule is CCOC(=O)c1cc(-c2ccccc2)sc1NC(=S)N1CCN(c2cccc(OC)c2)CC1. The number of nitrogens with zero attached hydrogens (tertiary/aromatic N) is 2. The van der Waals surface area contributed by atoms with Gasteiger partial charge in [0.05, 0.1) is 19.3 Å². The van der Waals surface area contributed by atoms with Crippen molar-refractivity contribution >= 4 is 45.3 Å². The van der Waals surface area contributed by atoms with Gasteiger partial charge in [-0.1, -0.05) is 36.4 Å². The van der Waals surface area contributed by atoms with E-state index in [1.54, 1.807) is 7.11 Å². The number of piperazine rings is 1. The number of methoxy groups -OCH3 is 1. The molecule has 1 aliphatic heterocycles. The van der Waals surface area contributed by atoms with Gasteiger partial charge in [-0.25, -0.2) is 4.79 Å². The number of esters is 1. The van der Waals surface area contributed by atoms with E-state index in [9.17, 15) is 4.79 Å². The lowest BCUT2D eigenvalue weighted by Crippen LogP contribution is -2.50. The molecule has 0 atom stereocenters. The molecule has 4 rings (SSSR count). The van der Waals surface area contributed by atoms with Crippen LogP contribution in [0.1, 0.15) is 17.3 Å². The van der Waals surface area contributed by atoms with Gasteiger partial charge >= 0.3 is 5.97 Å². The first-order valence-electron chi connectivity index (χ1n) is 10.9. The Balaban J connectivity index is 1.45. The molecule has 1 saturated heterocycles. The monoisotopic (exact) mass is 481 g/mol. The van der Waals surface area contributed by atoms with Gasteiger partial charge in [0.15, 0.2) is 5.11 Å². The number of hydrogen-bond acceptors (Lipinski definition) is 6. The Kier molecular flexibility index (Phi) is 7.47. The Morgan fingerprint density at radius 1 is 1.06 bits per heavy atom. The van der Waals surface area contributed by atoms with Crippen LogP contribution in [-0.2, 0) is 4.74 Å². The third kappa shape index (κ3) is 5.46. The second kappa shape index (κ2) is 10.7. The van der Waals surface area contributed by atoms with Gasteiger partial charge in [-0.2, -0.15) is 0 Å². The fourth-order valence-corrected chi connectivity index (χ4v) is 5.14. The molecule has 2 aromatic carbocycles. The molecule has 0 saturated carbocycles. The average molecular weight is 482 g/mol. The lowest BCUT2D eigenvalue weighted by molar-refractivity contribution is 0.0528. The van der Waals surface area contributed by atoms with Crippen molar-refractivity contribution in [2.75, 3.05) is 50.1 Å². The first kappa shape index (κ1) is 23.1. The zero-order chi connectivity index (χ0) is 23.2. The Labute approximate surface area is 203 Å². The van der Waals surface area contributed by atoms with Crippen LogP contribution in [0.5, 0.6) is 5.75 Å². The summed E-state index contributed by atoms with van der Waals surface area (Å²) in [5.41, 5.74) is 2.71. The van der Waals surface area contributed by atoms with Crippen molar-refractivity contribution in [1.82, 2.24) is 4.90 Å². The third-order valence-corrected chi connectivity index (χ3v) is 6.95. The van der Waals surface area contributed by atoms with Crippen molar-refractivity contribution in [3.63, 3.8) is 0 Å². The molecule has 1 fully saturated rings. The van der Waals surface area contributed by atoms with Crippen LogP contribution in [0, 0.1) is 0 Å². The molecule has 1 N–H and O–H groups in total. The molecule has 172 valence electrons. The maximum atomic E-state index is 12.6. The van der Waals surface area contributed by atoms with E-state index in [4.69, 9.17) is 21.7 Å². The van der Waals surface area contributed by atoms with Crippen LogP contribution in [0.3, 0.4) is 0 Å². The average Bonchev–Trinajstić information content (AvgIpc) is 3.29. The van der Waals surface area contributed by atoms with Gasteiger partial charge in [-0.05, 0) is 42.9 Å². The Hall–Kier alpha value is -3.10. The molecule has 33 heavy (non-hydrogen) atoms. The van der Waals surface area contributed by atoms with E-state index in [0.717, 1.165) is 48.1 Å². The van der Waals surface area contributed by atoms with Crippen molar-refractivity contribution in [3.05, 3.63) is 66.2 Å². The molecule has 0 amide bonds. The van der Waals surface area contributed by atoms with Gasteiger partial charge in [0.25, 0.3) is 0 Å². The number of hydrogen-bond donors (Lipinski definition) is 1. The molecule has 1 aromatic heterocycles. The fraction of sp³-hybridized carbons (Fsp3) is 0.280. The van der Waals surface area contributed by atoms with Crippen molar-refractivity contribution in [3.8, 4) is 16.2 Å². The first-order valence-corrected chi connectivity index (χ1v) is 12.1. The number of rotatable bonds is 6. The third-order valence-electron chi connectivity index (χ3n) is 5.49. The van der Waals surface area contributed by atoms with E-state index in [0.29, 0.717) is 22.3 Å². The molecule has 2 heterocycles. The summed E-state index contributed by atoms with van der Waals surface area (Å²) in [7, 11) is 1.68. The Morgan fingerprint density at radius 3 is 2.52 bits per heavy atom. The number of thiocarbonyl (C=S) groups is 1. The standard InChI is InChI=1S/C25H27N3O3S2/c1-3-31-24(29)21-17-22(18-8-5-4-6-9-18)33-23(21)26-25(32)28-14-12-27(13-15-28)19-10-7-11-20(16-19)30-2/h4-11,16-17H,3,12-15H2,1-2H3,(H,26,32). The highest BCUT2D eigenvalue weighted by Crippen LogP contribution is 2.36. The molecule has 0 radical (unpaired) electrons. The summed E-state index contributed by atoms with van der Waals surface area (Å²) in [6.45, 7) is 5.40. The molecule has 0 aliphatic carbocycles. The Bertz CT molecular complexity index is 1110. The van der Waals surface area contributed by atoms with Crippen molar-refractivity contribution in [2.45, 2.75) is 6.92 Å². The summed E-state index contributed by atoms with van der Waals surface area (Å²) in [4.78, 5) is 18.0. The minimum atomic E-state index is -0.343. The van der Waals surface area contributed by atoms with Crippen molar-refractivity contribution in [2.24, 2.45) is 0 Å². The zero-order valence-corrected chi connectivity index (χ0v) is 20.4. The second-order valence-corrected chi connectivity index (χ2v) is 8.98. The van der Waals surface area contributed by atoms with Crippen molar-refractivity contribution < 1.29 is 14.3 Å². The number of nitrogens with one attached hydrogen (secondary N) is 1. The van der Waals surface area contributed by atoms with Crippen LogP contribution in [0.4, 0.5) is 10.7 Å². The first-order chi connectivity index (χ1) is 16.1. The van der Waals surface area contributed by atoms with Crippen LogP contribution in [0.15, 0.2) is 60.7 Å². The zero-order valence-electron chi connectivity index (χ0n) is 18.7. The van der Waals surface area contributed by atoms with Gasteiger partial charge in [0.2, 0.25) is 0 Å². The van der Waals surface area contributed by atoms with Gasteiger partial charge < -0.3 is 24.6 Å². The predicted octanol–water partition coefficient (Wildman–Crippen LogP) is 5.12. The topological polar surface area (TPSA) is 54.0 Å². The highest BCUT2D eigenvalue weighted by Gasteiger charge is 2.23. The van der Waals surface area contributed by atoms with E-state index < -0.39 is 0 Å². The summed E-state index contributed by atoms with van der Waals surface area (Å²) >= 11 is 7.23. The van der Waals surface area contributed by atoms with Gasteiger partial charge in [0, 0.05) is 42.8 Å². The number of benzene rings is 2. The largest absolute Gasteiger partial charge is 0.497 e. The molecular formula is C25H27N3O3S2. The summed E-state index contributed by atoms with van der Waals surface area (Å²) in [5, 5.41) is 4.65. The quantitative estimate of drug-likeness (QED) is 0.387. The minimum Gasteiger partial charge on any atom is -0.497 e. The van der Waals surface area contributed by atoms with Gasteiger partial charge in [0.1, 0.15) is 10.8 Å². The van der Waals surface area contributed by atoms with Gasteiger partial charge in [-0.3, -0.25) is 0 Å². The minimum absolute atomic E-state index is 0.325. The van der Waals surface area contributed by atoms with E-state index in [2.05, 4.69) is 27.2 Å². The number of anilines is 2. The maximum absolute atomic E-state index is 12.6. The fourth-order valence-electron chi connectivity index (χ4n) is 3.74. The predicted molar refractivity (Wildman–Crippen MR) is 139 cm³/mol. The normalized spacial score (nSPS) is 13.5. The lowest BCUT2D eigenvalue weighted by atomic mass is 10.1. The maximum Gasteiger partial charge on any atom is 0.341 e. The molecule has 0 bridgehead atoms. The van der Waals surface area contributed by atoms with E-state index in [1.807, 2.05) is 55.5 Å². The van der Waals surface area contributed by atoms with E-state index >= 15 is 0 Å². The molecule has 0 spiro atoms. The molecule has 3 aromatic rings. The van der Waals surface area contributed by atoms with Crippen LogP contribution >= 0.6 is 23.6 Å². The highest BCUT2D eigenvalue weighted by atomic mass is 32.1. The van der Waals surface area contributed by atoms with Crippen LogP contribution in [0.2, 0.25) is 0 Å². The highest BCUT2D eigenvalue weighted by molar-refractivity contribution is 7.80. The molecular weight excluding hydrogens is 454 g/mol. The smallest absolute Gasteiger partial charge is 0.341 e. The Morgan fingerprint density at radius 2 is 1.82 bits per heavy atom. The van der Waals surface area contributed by atoms with E-state index in [-0.39, 0.29) is 5.97 Å². The van der Waals surface area contributed by atoms with Crippen LogP contribution in [0.25, 0.3) is 10.4 Å². The lowest BCUT2D eigenvalue weighted by Gasteiger charge is -2.37. The molecule has 0 unspecified atom stereocenters. The summed E-state index contributed by atoms with van der Waals surface area (Å²) < 4.78 is 10.6. The number of carbonyl (C=O) groups excluding carboxylic acids is 1. The second-order valence-electron chi connectivity index (χ2n) is 7.55.